The van der Waals surface area contributed by atoms with Crippen LogP contribution in [0.4, 0.5) is 5.69 Å². The number of nitrogens with zero attached hydrogens (tertiary/aromatic N) is 3. The molecule has 3 aliphatic rings. The highest BCUT2D eigenvalue weighted by molar-refractivity contribution is 7.91. The Labute approximate surface area is 176 Å². The summed E-state index contributed by atoms with van der Waals surface area (Å²) in [5, 5.41) is 9.08. The third kappa shape index (κ3) is 3.58. The van der Waals surface area contributed by atoms with Gasteiger partial charge in [-0.1, -0.05) is 19.3 Å². The molecule has 30 heavy (non-hydrogen) atoms. The maximum atomic E-state index is 11.9. The summed E-state index contributed by atoms with van der Waals surface area (Å²) in [4.78, 5) is 10.8. The highest BCUT2D eigenvalue weighted by Crippen LogP contribution is 2.40. The van der Waals surface area contributed by atoms with E-state index in [9.17, 15) is 8.42 Å². The van der Waals surface area contributed by atoms with Crippen LogP contribution in [0.5, 0.6) is 0 Å². The fraction of sp³-hybridized carbons (Fsp3) is 0.619. The Morgan fingerprint density at radius 2 is 2.00 bits per heavy atom. The lowest BCUT2D eigenvalue weighted by Crippen LogP contribution is -2.32. The van der Waals surface area contributed by atoms with Crippen molar-refractivity contribution in [2.45, 2.75) is 70.1 Å². The summed E-state index contributed by atoms with van der Waals surface area (Å²) < 4.78 is 25.6. The van der Waals surface area contributed by atoms with E-state index < -0.39 is 9.84 Å². The number of hydrogen-bond acceptors (Lipinski definition) is 7. The molecule has 0 amide bonds. The van der Waals surface area contributed by atoms with Crippen LogP contribution in [0.3, 0.4) is 0 Å². The molecule has 1 aliphatic carbocycles. The van der Waals surface area contributed by atoms with Crippen molar-refractivity contribution in [3.8, 4) is 0 Å². The first-order valence-corrected chi connectivity index (χ1v) is 12.8. The van der Waals surface area contributed by atoms with Crippen molar-refractivity contribution < 1.29 is 13.3 Å². The summed E-state index contributed by atoms with van der Waals surface area (Å²) >= 11 is 0. The summed E-state index contributed by atoms with van der Waals surface area (Å²) in [5.74, 6) is 0.464. The van der Waals surface area contributed by atoms with E-state index >= 15 is 0 Å². The highest BCUT2D eigenvalue weighted by atomic mass is 32.2. The van der Waals surface area contributed by atoms with E-state index in [0.717, 1.165) is 47.4 Å². The summed E-state index contributed by atoms with van der Waals surface area (Å²) in [6, 6.07) is 0.106. The van der Waals surface area contributed by atoms with Crippen molar-refractivity contribution >= 4 is 32.3 Å². The second kappa shape index (κ2) is 7.53. The topological polar surface area (TPSA) is 98.1 Å². The molecule has 1 saturated carbocycles. The van der Waals surface area contributed by atoms with Gasteiger partial charge in [-0.3, -0.25) is 10.3 Å². The van der Waals surface area contributed by atoms with Crippen LogP contribution in [-0.2, 0) is 21.2 Å². The smallest absolute Gasteiger partial charge is 0.159 e. The molecular weight excluding hydrogens is 402 g/mol. The first-order valence-electron chi connectivity index (χ1n) is 11.0. The van der Waals surface area contributed by atoms with Crippen LogP contribution >= 0.6 is 0 Å². The van der Waals surface area contributed by atoms with Gasteiger partial charge in [-0.15, -0.1) is 0 Å². The normalized spacial score (nSPS) is 23.4. The lowest BCUT2D eigenvalue weighted by atomic mass is 9.84. The fourth-order valence-corrected chi connectivity index (χ4v) is 6.36. The van der Waals surface area contributed by atoms with Gasteiger partial charge in [-0.05, 0) is 38.7 Å². The van der Waals surface area contributed by atoms with Crippen LogP contribution in [0.25, 0.3) is 16.7 Å². The molecule has 5 rings (SSSR count). The second-order valence-corrected chi connectivity index (χ2v) is 11.0. The molecule has 9 heteroatoms. The Balaban J connectivity index is 1.53. The van der Waals surface area contributed by atoms with E-state index in [-0.39, 0.29) is 23.1 Å². The molecule has 0 unspecified atom stereocenters. The zero-order valence-electron chi connectivity index (χ0n) is 17.4. The molecule has 0 aromatic carbocycles. The zero-order chi connectivity index (χ0) is 20.8. The first kappa shape index (κ1) is 19.8. The Bertz CT molecular complexity index is 1070. The average Bonchev–Trinajstić information content (AvgIpc) is 3.35. The Hall–Kier alpha value is -2.13. The lowest BCUT2D eigenvalue weighted by Gasteiger charge is -2.29. The van der Waals surface area contributed by atoms with Gasteiger partial charge in [0.15, 0.2) is 5.65 Å². The number of nitrogens with one attached hydrogen (secondary N) is 2. The number of hydroxylamine groups is 1. The minimum Gasteiger partial charge on any atom is -0.381 e. The minimum absolute atomic E-state index is 0.106. The van der Waals surface area contributed by atoms with Crippen LogP contribution in [-0.4, -0.2) is 46.3 Å². The first-order chi connectivity index (χ1) is 14.5. The summed E-state index contributed by atoms with van der Waals surface area (Å²) in [7, 11) is -2.91. The highest BCUT2D eigenvalue weighted by Gasteiger charge is 2.37. The van der Waals surface area contributed by atoms with Gasteiger partial charge in [0.25, 0.3) is 0 Å². The summed E-state index contributed by atoms with van der Waals surface area (Å²) in [6.45, 7) is 2.78. The van der Waals surface area contributed by atoms with Crippen molar-refractivity contribution in [2.24, 2.45) is 0 Å². The van der Waals surface area contributed by atoms with Crippen LogP contribution in [0.1, 0.15) is 57.4 Å². The van der Waals surface area contributed by atoms with Crippen molar-refractivity contribution in [2.75, 3.05) is 16.8 Å². The Morgan fingerprint density at radius 1 is 1.23 bits per heavy atom. The quantitative estimate of drug-likeness (QED) is 0.768. The van der Waals surface area contributed by atoms with E-state index in [1.807, 2.05) is 24.0 Å². The van der Waals surface area contributed by atoms with Gasteiger partial charge in [0, 0.05) is 24.3 Å². The third-order valence-corrected chi connectivity index (χ3v) is 8.35. The average molecular weight is 432 g/mol. The van der Waals surface area contributed by atoms with Crippen molar-refractivity contribution in [1.29, 1.82) is 0 Å². The van der Waals surface area contributed by atoms with Crippen molar-refractivity contribution in [3.05, 3.63) is 24.0 Å². The standard InChI is InChI=1S/C21H29N5O3S/c1-2-26-20-17(14-23-26)19(24-15-6-10-30(27,28)11-7-15)16(13-22-20)18-12-21(29-25-18)8-4-3-5-9-21/h12-15,25H,2-11H2,1H3,(H,22,24). The third-order valence-electron chi connectivity index (χ3n) is 6.63. The van der Waals surface area contributed by atoms with Gasteiger partial charge >= 0.3 is 0 Å². The second-order valence-electron chi connectivity index (χ2n) is 8.70. The van der Waals surface area contributed by atoms with Gasteiger partial charge < -0.3 is 5.32 Å². The van der Waals surface area contributed by atoms with Gasteiger partial charge in [-0.25, -0.2) is 18.1 Å². The number of aromatic nitrogens is 3. The monoisotopic (exact) mass is 431 g/mol. The van der Waals surface area contributed by atoms with Gasteiger partial charge in [0.2, 0.25) is 0 Å². The summed E-state index contributed by atoms with van der Waals surface area (Å²) in [6.07, 6.45) is 12.8. The molecule has 162 valence electrons. The molecule has 2 aromatic heterocycles. The molecule has 4 heterocycles. The molecule has 1 spiro atoms. The van der Waals surface area contributed by atoms with Crippen LogP contribution in [0.2, 0.25) is 0 Å². The number of rotatable bonds is 4. The van der Waals surface area contributed by atoms with E-state index in [2.05, 4.69) is 22.0 Å². The lowest BCUT2D eigenvalue weighted by molar-refractivity contribution is -0.0557. The van der Waals surface area contributed by atoms with Crippen molar-refractivity contribution in [3.63, 3.8) is 0 Å². The van der Waals surface area contributed by atoms with E-state index in [4.69, 9.17) is 9.82 Å². The number of hydrogen-bond donors (Lipinski definition) is 2. The largest absolute Gasteiger partial charge is 0.381 e. The van der Waals surface area contributed by atoms with Gasteiger partial charge in [0.05, 0.1) is 34.5 Å². The molecule has 0 radical (unpaired) electrons. The van der Waals surface area contributed by atoms with Crippen molar-refractivity contribution in [1.82, 2.24) is 20.2 Å². The van der Waals surface area contributed by atoms with Gasteiger partial charge in [0.1, 0.15) is 15.4 Å². The summed E-state index contributed by atoms with van der Waals surface area (Å²) in [5.41, 5.74) is 6.61. The minimum atomic E-state index is -2.91. The molecular formula is C21H29N5O3S. The van der Waals surface area contributed by atoms with E-state index in [0.29, 0.717) is 12.8 Å². The Kier molecular flexibility index (Phi) is 4.97. The van der Waals surface area contributed by atoms with Crippen LogP contribution in [0.15, 0.2) is 18.5 Å². The molecule has 2 fully saturated rings. The van der Waals surface area contributed by atoms with Gasteiger partial charge in [-0.2, -0.15) is 5.10 Å². The zero-order valence-corrected chi connectivity index (χ0v) is 18.2. The number of aryl methyl sites for hydroxylation is 1. The molecule has 2 N–H and O–H groups in total. The SMILES string of the molecule is CCn1ncc2c(NC3CCS(=O)(=O)CC3)c(C3=CC4(CCCCC4)ON3)cnc21. The van der Waals surface area contributed by atoms with Crippen LogP contribution < -0.4 is 10.8 Å². The van der Waals surface area contributed by atoms with Crippen LogP contribution in [0, 0.1) is 0 Å². The maximum absolute atomic E-state index is 11.9. The molecule has 2 aromatic rings. The molecule has 2 aliphatic heterocycles. The van der Waals surface area contributed by atoms with E-state index in [1.165, 1.54) is 19.3 Å². The predicted octanol–water partition coefficient (Wildman–Crippen LogP) is 3.02. The number of fused-ring (bicyclic) bond motifs is 1. The Morgan fingerprint density at radius 3 is 2.73 bits per heavy atom. The number of anilines is 1. The molecule has 0 bridgehead atoms. The fourth-order valence-electron chi connectivity index (χ4n) is 4.86. The molecule has 8 nitrogen and oxygen atoms in total. The molecule has 1 saturated heterocycles. The molecule has 0 atom stereocenters. The maximum Gasteiger partial charge on any atom is 0.159 e. The predicted molar refractivity (Wildman–Crippen MR) is 117 cm³/mol. The number of sulfone groups is 1. The number of pyridine rings is 1. The van der Waals surface area contributed by atoms with E-state index in [1.54, 1.807) is 0 Å².